The van der Waals surface area contributed by atoms with Crippen LogP contribution in [-0.4, -0.2) is 25.5 Å². The Morgan fingerprint density at radius 2 is 1.95 bits per heavy atom. The van der Waals surface area contributed by atoms with E-state index in [2.05, 4.69) is 5.43 Å². The Kier molecular flexibility index (Phi) is 5.34. The van der Waals surface area contributed by atoms with E-state index < -0.39 is 11.7 Å². The fraction of sp³-hybridized carbons (Fsp3) is 0.538. The molecule has 0 aliphatic rings. The quantitative estimate of drug-likeness (QED) is 0.640. The van der Waals surface area contributed by atoms with Crippen molar-refractivity contribution in [2.24, 2.45) is 5.84 Å². The maximum Gasteiger partial charge on any atom is 0.416 e. The summed E-state index contributed by atoms with van der Waals surface area (Å²) >= 11 is 0. The third-order valence-corrected chi connectivity index (χ3v) is 3.04. The second-order valence-corrected chi connectivity index (χ2v) is 4.88. The zero-order valence-electron chi connectivity index (χ0n) is 11.4. The molecule has 1 atom stereocenters. The number of alkyl halides is 3. The average Bonchev–Trinajstić information content (AvgIpc) is 2.29. The lowest BCUT2D eigenvalue weighted by atomic mass is 9.97. The summed E-state index contributed by atoms with van der Waals surface area (Å²) in [4.78, 5) is 2.00. The van der Waals surface area contributed by atoms with Gasteiger partial charge in [-0.05, 0) is 57.2 Å². The molecule has 1 rings (SSSR count). The molecular formula is C13H20F3N3. The van der Waals surface area contributed by atoms with Gasteiger partial charge in [0.25, 0.3) is 0 Å². The van der Waals surface area contributed by atoms with Gasteiger partial charge in [-0.3, -0.25) is 11.3 Å². The van der Waals surface area contributed by atoms with E-state index >= 15 is 0 Å². The lowest BCUT2D eigenvalue weighted by Crippen LogP contribution is -2.31. The molecule has 0 saturated carbocycles. The summed E-state index contributed by atoms with van der Waals surface area (Å²) in [5.74, 6) is 5.49. The Labute approximate surface area is 111 Å². The SMILES string of the molecule is Cc1cc(C(F)(F)F)ccc1C(CCN(C)C)NN. The monoisotopic (exact) mass is 275 g/mol. The molecule has 0 aliphatic carbocycles. The fourth-order valence-electron chi connectivity index (χ4n) is 1.96. The van der Waals surface area contributed by atoms with Crippen LogP contribution in [-0.2, 0) is 6.18 Å². The van der Waals surface area contributed by atoms with E-state index in [0.29, 0.717) is 5.56 Å². The molecule has 0 amide bonds. The summed E-state index contributed by atoms with van der Waals surface area (Å²) in [7, 11) is 3.88. The van der Waals surface area contributed by atoms with Crippen LogP contribution in [0.1, 0.15) is 29.2 Å². The summed E-state index contributed by atoms with van der Waals surface area (Å²) in [6, 6.07) is 3.61. The van der Waals surface area contributed by atoms with Gasteiger partial charge in [0.1, 0.15) is 0 Å². The number of nitrogens with zero attached hydrogens (tertiary/aromatic N) is 1. The first-order valence-electron chi connectivity index (χ1n) is 6.04. The summed E-state index contributed by atoms with van der Waals surface area (Å²) in [6.07, 6.45) is -3.58. The maximum absolute atomic E-state index is 12.6. The molecule has 1 aromatic carbocycles. The van der Waals surface area contributed by atoms with Gasteiger partial charge in [0.2, 0.25) is 0 Å². The van der Waals surface area contributed by atoms with Crippen molar-refractivity contribution in [1.29, 1.82) is 0 Å². The Morgan fingerprint density at radius 3 is 2.37 bits per heavy atom. The number of benzene rings is 1. The van der Waals surface area contributed by atoms with Crippen molar-refractivity contribution in [3.63, 3.8) is 0 Å². The van der Waals surface area contributed by atoms with Crippen LogP contribution in [0.3, 0.4) is 0 Å². The van der Waals surface area contributed by atoms with Gasteiger partial charge in [0, 0.05) is 6.04 Å². The lowest BCUT2D eigenvalue weighted by Gasteiger charge is -2.21. The standard InChI is InChI=1S/C13H20F3N3/c1-9-8-10(13(14,15)16)4-5-11(9)12(18-17)6-7-19(2)3/h4-5,8,12,18H,6-7,17H2,1-3H3. The second-order valence-electron chi connectivity index (χ2n) is 4.88. The number of hydrogen-bond donors (Lipinski definition) is 2. The molecule has 0 aromatic heterocycles. The number of halogens is 3. The van der Waals surface area contributed by atoms with Crippen molar-refractivity contribution < 1.29 is 13.2 Å². The van der Waals surface area contributed by atoms with E-state index in [1.807, 2.05) is 19.0 Å². The minimum atomic E-state index is -4.31. The third-order valence-electron chi connectivity index (χ3n) is 3.04. The lowest BCUT2D eigenvalue weighted by molar-refractivity contribution is -0.137. The molecule has 0 radical (unpaired) electrons. The highest BCUT2D eigenvalue weighted by Crippen LogP contribution is 2.32. The van der Waals surface area contributed by atoms with Gasteiger partial charge in [-0.1, -0.05) is 6.07 Å². The van der Waals surface area contributed by atoms with E-state index in [-0.39, 0.29) is 6.04 Å². The summed E-state index contributed by atoms with van der Waals surface area (Å²) in [5.41, 5.74) is 3.43. The molecular weight excluding hydrogens is 255 g/mol. The molecule has 3 N–H and O–H groups in total. The van der Waals surface area contributed by atoms with E-state index in [0.717, 1.165) is 30.7 Å². The highest BCUT2D eigenvalue weighted by molar-refractivity contribution is 5.34. The normalized spacial score (nSPS) is 13.9. The molecule has 0 spiro atoms. The van der Waals surface area contributed by atoms with Crippen molar-refractivity contribution in [3.05, 3.63) is 34.9 Å². The molecule has 6 heteroatoms. The van der Waals surface area contributed by atoms with Gasteiger partial charge >= 0.3 is 6.18 Å². The van der Waals surface area contributed by atoms with Crippen LogP contribution in [0.15, 0.2) is 18.2 Å². The van der Waals surface area contributed by atoms with Crippen molar-refractivity contribution >= 4 is 0 Å². The Balaban J connectivity index is 2.93. The van der Waals surface area contributed by atoms with Gasteiger partial charge in [0.15, 0.2) is 0 Å². The smallest absolute Gasteiger partial charge is 0.309 e. The number of rotatable bonds is 5. The van der Waals surface area contributed by atoms with Crippen LogP contribution in [0.25, 0.3) is 0 Å². The highest BCUT2D eigenvalue weighted by atomic mass is 19.4. The van der Waals surface area contributed by atoms with Crippen LogP contribution < -0.4 is 11.3 Å². The minimum Gasteiger partial charge on any atom is -0.309 e. The van der Waals surface area contributed by atoms with Crippen molar-refractivity contribution in [3.8, 4) is 0 Å². The number of hydrogen-bond acceptors (Lipinski definition) is 3. The largest absolute Gasteiger partial charge is 0.416 e. The molecule has 0 heterocycles. The van der Waals surface area contributed by atoms with Crippen LogP contribution in [0.5, 0.6) is 0 Å². The first kappa shape index (κ1) is 15.9. The van der Waals surface area contributed by atoms with E-state index in [1.54, 1.807) is 6.92 Å². The van der Waals surface area contributed by atoms with Gasteiger partial charge < -0.3 is 4.90 Å². The van der Waals surface area contributed by atoms with Gasteiger partial charge in [0.05, 0.1) is 5.56 Å². The number of nitrogens with two attached hydrogens (primary N) is 1. The molecule has 1 aromatic rings. The maximum atomic E-state index is 12.6. The Morgan fingerprint density at radius 1 is 1.32 bits per heavy atom. The number of aryl methyl sites for hydroxylation is 1. The molecule has 0 aliphatic heterocycles. The van der Waals surface area contributed by atoms with Crippen LogP contribution in [0.4, 0.5) is 13.2 Å². The zero-order valence-corrected chi connectivity index (χ0v) is 11.4. The summed E-state index contributed by atoms with van der Waals surface area (Å²) < 4.78 is 37.8. The van der Waals surface area contributed by atoms with Gasteiger partial charge in [-0.15, -0.1) is 0 Å². The third kappa shape index (κ3) is 4.49. The molecule has 3 nitrogen and oxygen atoms in total. The Hall–Kier alpha value is -1.11. The van der Waals surface area contributed by atoms with E-state index in [1.165, 1.54) is 6.07 Å². The van der Waals surface area contributed by atoms with Crippen LogP contribution >= 0.6 is 0 Å². The van der Waals surface area contributed by atoms with Crippen LogP contribution in [0.2, 0.25) is 0 Å². The molecule has 108 valence electrons. The number of hydrazine groups is 1. The number of nitrogens with one attached hydrogen (secondary N) is 1. The predicted molar refractivity (Wildman–Crippen MR) is 69.4 cm³/mol. The minimum absolute atomic E-state index is 0.148. The molecule has 0 saturated heterocycles. The Bertz CT molecular complexity index is 416. The van der Waals surface area contributed by atoms with Crippen molar-refractivity contribution in [2.75, 3.05) is 20.6 Å². The van der Waals surface area contributed by atoms with Crippen molar-refractivity contribution in [2.45, 2.75) is 25.6 Å². The fourth-order valence-corrected chi connectivity index (χ4v) is 1.96. The molecule has 0 bridgehead atoms. The molecule has 19 heavy (non-hydrogen) atoms. The molecule has 1 unspecified atom stereocenters. The van der Waals surface area contributed by atoms with Gasteiger partial charge in [-0.25, -0.2) is 0 Å². The average molecular weight is 275 g/mol. The van der Waals surface area contributed by atoms with E-state index in [4.69, 9.17) is 5.84 Å². The summed E-state index contributed by atoms with van der Waals surface area (Å²) in [6.45, 7) is 2.47. The van der Waals surface area contributed by atoms with Crippen LogP contribution in [0, 0.1) is 6.92 Å². The van der Waals surface area contributed by atoms with Gasteiger partial charge in [-0.2, -0.15) is 13.2 Å². The first-order chi connectivity index (χ1) is 8.75. The predicted octanol–water partition coefficient (Wildman–Crippen LogP) is 2.47. The highest BCUT2D eigenvalue weighted by Gasteiger charge is 2.31. The topological polar surface area (TPSA) is 41.3 Å². The molecule has 0 fully saturated rings. The van der Waals surface area contributed by atoms with Crippen molar-refractivity contribution in [1.82, 2.24) is 10.3 Å². The zero-order chi connectivity index (χ0) is 14.6. The van der Waals surface area contributed by atoms with E-state index in [9.17, 15) is 13.2 Å². The first-order valence-corrected chi connectivity index (χ1v) is 6.04. The summed E-state index contributed by atoms with van der Waals surface area (Å²) in [5, 5.41) is 0. The second kappa shape index (κ2) is 6.36.